The maximum Gasteiger partial charge on any atom is 0.416 e. The van der Waals surface area contributed by atoms with Crippen molar-refractivity contribution in [2.24, 2.45) is 0 Å². The van der Waals surface area contributed by atoms with Crippen LogP contribution in [0.5, 0.6) is 0 Å². The molecule has 0 aliphatic carbocycles. The summed E-state index contributed by atoms with van der Waals surface area (Å²) in [5, 5.41) is 6.08. The first-order valence-electron chi connectivity index (χ1n) is 11.7. The van der Waals surface area contributed by atoms with Crippen LogP contribution in [0, 0.1) is 0 Å². The molecule has 1 aromatic carbocycles. The Labute approximate surface area is 201 Å². The van der Waals surface area contributed by atoms with Gasteiger partial charge in [0, 0.05) is 37.7 Å². The van der Waals surface area contributed by atoms with Gasteiger partial charge in [0.05, 0.1) is 36.4 Å². The van der Waals surface area contributed by atoms with Crippen LogP contribution in [0.4, 0.5) is 19.0 Å². The van der Waals surface area contributed by atoms with E-state index in [-0.39, 0.29) is 35.8 Å². The lowest BCUT2D eigenvalue weighted by Gasteiger charge is -2.26. The molecule has 8 nitrogen and oxygen atoms in total. The zero-order valence-corrected chi connectivity index (χ0v) is 19.4. The van der Waals surface area contributed by atoms with Gasteiger partial charge in [0.2, 0.25) is 5.91 Å². The van der Waals surface area contributed by atoms with Crippen molar-refractivity contribution in [3.05, 3.63) is 42.7 Å². The van der Waals surface area contributed by atoms with Gasteiger partial charge >= 0.3 is 6.18 Å². The molecule has 2 fully saturated rings. The van der Waals surface area contributed by atoms with E-state index in [1.165, 1.54) is 12.4 Å². The number of rotatable bonds is 8. The van der Waals surface area contributed by atoms with E-state index in [4.69, 9.17) is 9.47 Å². The maximum atomic E-state index is 13.1. The Morgan fingerprint density at radius 1 is 1.26 bits per heavy atom. The number of likely N-dealkylation sites (tertiary alicyclic amines) is 1. The first-order chi connectivity index (χ1) is 16.8. The minimum Gasteiger partial charge on any atom is -0.381 e. The Kier molecular flexibility index (Phi) is 8.19. The van der Waals surface area contributed by atoms with Gasteiger partial charge in [-0.15, -0.1) is 6.58 Å². The number of aromatic nitrogens is 2. The van der Waals surface area contributed by atoms with Crippen molar-refractivity contribution < 1.29 is 27.4 Å². The molecule has 0 spiro atoms. The molecule has 1 aromatic heterocycles. The summed E-state index contributed by atoms with van der Waals surface area (Å²) in [7, 11) is 0. The number of anilines is 1. The highest BCUT2D eigenvalue weighted by atomic mass is 19.4. The molecule has 0 bridgehead atoms. The molecule has 3 atom stereocenters. The standard InChI is InChI=1S/C24H30F3N5O3/c1-2-8-35-21-14-32(17-4-3-9-34-10-7-17)13-20(21)31-22(33)12-28-23-18-11-16(24(25,26)27)5-6-19(18)29-15-30-23/h2,5-6,11,15,17,20-21H,1,3-4,7-10,12-14H2,(H,31,33)(H,28,29,30)/t17?,20?,21-/m0/s1. The molecular weight excluding hydrogens is 463 g/mol. The molecule has 2 aliphatic heterocycles. The third-order valence-electron chi connectivity index (χ3n) is 6.39. The van der Waals surface area contributed by atoms with Gasteiger partial charge < -0.3 is 20.1 Å². The molecule has 2 unspecified atom stereocenters. The SMILES string of the molecule is C=CCO[C@H]1CN(C2CCCOCC2)CC1NC(=O)CNc1ncnc2ccc(C(F)(F)F)cc12. The van der Waals surface area contributed by atoms with E-state index < -0.39 is 11.7 Å². The van der Waals surface area contributed by atoms with Crippen molar-refractivity contribution in [1.82, 2.24) is 20.2 Å². The molecule has 0 saturated carbocycles. The van der Waals surface area contributed by atoms with Gasteiger partial charge in [-0.2, -0.15) is 13.2 Å². The lowest BCUT2D eigenvalue weighted by atomic mass is 10.1. The Balaban J connectivity index is 1.40. The molecule has 2 N–H and O–H groups in total. The van der Waals surface area contributed by atoms with Crippen molar-refractivity contribution >= 4 is 22.6 Å². The van der Waals surface area contributed by atoms with Crippen LogP contribution in [0.1, 0.15) is 24.8 Å². The number of hydrogen-bond donors (Lipinski definition) is 2. The quantitative estimate of drug-likeness (QED) is 0.547. The first kappa shape index (κ1) is 25.3. The van der Waals surface area contributed by atoms with E-state index in [1.807, 2.05) is 0 Å². The van der Waals surface area contributed by atoms with E-state index in [2.05, 4.69) is 32.1 Å². The van der Waals surface area contributed by atoms with Crippen molar-refractivity contribution in [2.75, 3.05) is 44.8 Å². The third-order valence-corrected chi connectivity index (χ3v) is 6.39. The van der Waals surface area contributed by atoms with Crippen LogP contribution in [0.2, 0.25) is 0 Å². The van der Waals surface area contributed by atoms with Gasteiger partial charge in [0.1, 0.15) is 12.1 Å². The van der Waals surface area contributed by atoms with Crippen LogP contribution in [-0.4, -0.2) is 78.4 Å². The molecule has 0 radical (unpaired) electrons. The fraction of sp³-hybridized carbons (Fsp3) is 0.542. The molecule has 190 valence electrons. The maximum absolute atomic E-state index is 13.1. The van der Waals surface area contributed by atoms with Crippen molar-refractivity contribution in [3.63, 3.8) is 0 Å². The number of ether oxygens (including phenoxy) is 2. The van der Waals surface area contributed by atoms with Gasteiger partial charge in [-0.1, -0.05) is 6.08 Å². The summed E-state index contributed by atoms with van der Waals surface area (Å²) in [5.74, 6) is -0.130. The van der Waals surface area contributed by atoms with Crippen LogP contribution < -0.4 is 10.6 Å². The minimum absolute atomic E-state index is 0.149. The number of halogens is 3. The van der Waals surface area contributed by atoms with Crippen molar-refractivity contribution in [2.45, 2.75) is 43.6 Å². The minimum atomic E-state index is -4.49. The number of fused-ring (bicyclic) bond motifs is 1. The van der Waals surface area contributed by atoms with Gasteiger partial charge in [0.15, 0.2) is 0 Å². The average molecular weight is 494 g/mol. The van der Waals surface area contributed by atoms with E-state index in [1.54, 1.807) is 6.08 Å². The molecule has 2 saturated heterocycles. The molecule has 2 aromatic rings. The van der Waals surface area contributed by atoms with Crippen LogP contribution in [0.15, 0.2) is 37.2 Å². The normalized spacial score (nSPS) is 23.7. The smallest absolute Gasteiger partial charge is 0.381 e. The Morgan fingerprint density at radius 2 is 2.11 bits per heavy atom. The molecular formula is C24H30F3N5O3. The predicted octanol–water partition coefficient (Wildman–Crippen LogP) is 3.00. The van der Waals surface area contributed by atoms with E-state index in [9.17, 15) is 18.0 Å². The zero-order chi connectivity index (χ0) is 24.8. The molecule has 35 heavy (non-hydrogen) atoms. The fourth-order valence-corrected chi connectivity index (χ4v) is 4.65. The number of nitrogens with one attached hydrogen (secondary N) is 2. The van der Waals surface area contributed by atoms with Crippen LogP contribution in [-0.2, 0) is 20.4 Å². The van der Waals surface area contributed by atoms with Crippen LogP contribution in [0.3, 0.4) is 0 Å². The summed E-state index contributed by atoms with van der Waals surface area (Å²) in [4.78, 5) is 23.2. The number of benzene rings is 1. The first-order valence-corrected chi connectivity index (χ1v) is 11.7. The van der Waals surface area contributed by atoms with Gasteiger partial charge in [-0.3, -0.25) is 9.69 Å². The van der Waals surface area contributed by atoms with Gasteiger partial charge in [-0.05, 0) is 37.5 Å². The van der Waals surface area contributed by atoms with Crippen LogP contribution >= 0.6 is 0 Å². The van der Waals surface area contributed by atoms with Gasteiger partial charge in [0.25, 0.3) is 0 Å². The van der Waals surface area contributed by atoms with Crippen molar-refractivity contribution in [1.29, 1.82) is 0 Å². The summed E-state index contributed by atoms with van der Waals surface area (Å²) in [6.45, 7) is 6.79. The molecule has 11 heteroatoms. The van der Waals surface area contributed by atoms with E-state index in [0.717, 1.165) is 44.6 Å². The Hall–Kier alpha value is -2.76. The lowest BCUT2D eigenvalue weighted by molar-refractivity contribution is -0.137. The summed E-state index contributed by atoms with van der Waals surface area (Å²) in [6, 6.07) is 3.41. The van der Waals surface area contributed by atoms with E-state index >= 15 is 0 Å². The largest absolute Gasteiger partial charge is 0.416 e. The highest BCUT2D eigenvalue weighted by Gasteiger charge is 2.37. The second-order valence-electron chi connectivity index (χ2n) is 8.79. The molecule has 2 aliphatic rings. The topological polar surface area (TPSA) is 88.6 Å². The monoisotopic (exact) mass is 493 g/mol. The third kappa shape index (κ3) is 6.47. The number of amides is 1. The predicted molar refractivity (Wildman–Crippen MR) is 125 cm³/mol. The summed E-state index contributed by atoms with van der Waals surface area (Å²) in [6.07, 6.45) is 1.24. The number of alkyl halides is 3. The molecule has 3 heterocycles. The average Bonchev–Trinajstić information content (AvgIpc) is 3.03. The fourth-order valence-electron chi connectivity index (χ4n) is 4.65. The van der Waals surface area contributed by atoms with Crippen molar-refractivity contribution in [3.8, 4) is 0 Å². The summed E-state index contributed by atoms with van der Waals surface area (Å²) < 4.78 is 51.0. The molecule has 1 amide bonds. The summed E-state index contributed by atoms with van der Waals surface area (Å²) in [5.41, 5.74) is -0.447. The molecule has 4 rings (SSSR count). The summed E-state index contributed by atoms with van der Waals surface area (Å²) >= 11 is 0. The highest BCUT2D eigenvalue weighted by molar-refractivity contribution is 5.91. The second-order valence-corrected chi connectivity index (χ2v) is 8.79. The number of nitrogens with zero attached hydrogens (tertiary/aromatic N) is 3. The second kappa shape index (κ2) is 11.3. The van der Waals surface area contributed by atoms with Crippen LogP contribution in [0.25, 0.3) is 10.9 Å². The highest BCUT2D eigenvalue weighted by Crippen LogP contribution is 2.32. The number of carbonyl (C=O) groups is 1. The van der Waals surface area contributed by atoms with Gasteiger partial charge in [-0.25, -0.2) is 9.97 Å². The Bertz CT molecular complexity index is 1030. The number of carbonyl (C=O) groups excluding carboxylic acids is 1. The number of hydrogen-bond acceptors (Lipinski definition) is 7. The van der Waals surface area contributed by atoms with E-state index in [0.29, 0.717) is 31.3 Å². The lowest BCUT2D eigenvalue weighted by Crippen LogP contribution is -2.46. The zero-order valence-electron chi connectivity index (χ0n) is 19.4. The Morgan fingerprint density at radius 3 is 2.91 bits per heavy atom.